The van der Waals surface area contributed by atoms with Gasteiger partial charge in [-0.3, -0.25) is 4.98 Å². The van der Waals surface area contributed by atoms with Gasteiger partial charge in [0.25, 0.3) is 0 Å². The average Bonchev–Trinajstić information content (AvgIpc) is 2.69. The van der Waals surface area contributed by atoms with E-state index >= 15 is 0 Å². The molecule has 65 valence electrons. The molecule has 0 bridgehead atoms. The van der Waals surface area contributed by atoms with Crippen molar-refractivity contribution in [1.82, 2.24) is 14.7 Å². The highest BCUT2D eigenvalue weighted by Crippen LogP contribution is 1.93. The summed E-state index contributed by atoms with van der Waals surface area (Å²) in [7, 11) is 0. The van der Waals surface area contributed by atoms with Crippen molar-refractivity contribution in [1.29, 1.82) is 0 Å². The van der Waals surface area contributed by atoms with Crippen molar-refractivity contribution in [2.45, 2.75) is 6.61 Å². The maximum absolute atomic E-state index is 5.27. The summed E-state index contributed by atoms with van der Waals surface area (Å²) < 4.78 is 1.43. The Hall–Kier alpha value is -1.84. The van der Waals surface area contributed by atoms with Crippen molar-refractivity contribution < 1.29 is 4.84 Å². The van der Waals surface area contributed by atoms with Crippen LogP contribution in [0, 0.1) is 6.33 Å². The summed E-state index contributed by atoms with van der Waals surface area (Å²) in [5.41, 5.74) is 0.879. The van der Waals surface area contributed by atoms with Gasteiger partial charge >= 0.3 is 0 Å². The van der Waals surface area contributed by atoms with Crippen LogP contribution in [-0.4, -0.2) is 14.7 Å². The van der Waals surface area contributed by atoms with E-state index in [1.165, 1.54) is 4.73 Å². The van der Waals surface area contributed by atoms with Crippen LogP contribution in [0.5, 0.6) is 0 Å². The lowest BCUT2D eigenvalue weighted by atomic mass is 10.4. The molecular weight excluding hydrogens is 166 g/mol. The third kappa shape index (κ3) is 2.05. The van der Waals surface area contributed by atoms with Gasteiger partial charge < -0.3 is 4.84 Å². The second kappa shape index (κ2) is 3.71. The van der Waals surface area contributed by atoms with Crippen molar-refractivity contribution in [3.63, 3.8) is 0 Å². The molecule has 0 unspecified atom stereocenters. The van der Waals surface area contributed by atoms with E-state index in [2.05, 4.69) is 16.3 Å². The molecule has 0 spiro atoms. The first kappa shape index (κ1) is 7.79. The van der Waals surface area contributed by atoms with Crippen LogP contribution in [0.15, 0.2) is 36.8 Å². The van der Waals surface area contributed by atoms with Crippen LogP contribution < -0.4 is 4.84 Å². The summed E-state index contributed by atoms with van der Waals surface area (Å²) in [6.07, 6.45) is 7.65. The maximum atomic E-state index is 5.27. The minimum absolute atomic E-state index is 0.424. The molecule has 0 N–H and O–H groups in total. The molecule has 0 saturated heterocycles. The Bertz CT molecular complexity index is 344. The van der Waals surface area contributed by atoms with Crippen molar-refractivity contribution in [2.75, 3.05) is 0 Å². The number of imidazole rings is 1. The first-order valence-corrected chi connectivity index (χ1v) is 3.89. The van der Waals surface area contributed by atoms with Gasteiger partial charge in [-0.1, -0.05) is 6.07 Å². The molecule has 0 aliphatic carbocycles. The minimum Gasteiger partial charge on any atom is -0.406 e. The lowest BCUT2D eigenvalue weighted by Crippen LogP contribution is -2.09. The number of hydrogen-bond acceptors (Lipinski definition) is 3. The highest BCUT2D eigenvalue weighted by atomic mass is 16.7. The quantitative estimate of drug-likeness (QED) is 0.687. The maximum Gasteiger partial charge on any atom is 0.214 e. The molecular formula is C9H8N3O. The van der Waals surface area contributed by atoms with E-state index < -0.39 is 0 Å². The largest absolute Gasteiger partial charge is 0.406 e. The van der Waals surface area contributed by atoms with E-state index in [0.29, 0.717) is 6.61 Å². The summed E-state index contributed by atoms with van der Waals surface area (Å²) in [5, 5.41) is 0. The lowest BCUT2D eigenvalue weighted by Gasteiger charge is -2.03. The molecule has 2 aromatic rings. The van der Waals surface area contributed by atoms with Crippen LogP contribution in [0.2, 0.25) is 0 Å². The first-order valence-electron chi connectivity index (χ1n) is 3.89. The minimum atomic E-state index is 0.424. The number of aromatic nitrogens is 3. The molecule has 4 nitrogen and oxygen atoms in total. The zero-order valence-corrected chi connectivity index (χ0v) is 6.92. The summed E-state index contributed by atoms with van der Waals surface area (Å²) in [5.74, 6) is 0. The fourth-order valence-corrected chi connectivity index (χ4v) is 0.909. The van der Waals surface area contributed by atoms with Crippen LogP contribution in [0.25, 0.3) is 0 Å². The van der Waals surface area contributed by atoms with Gasteiger partial charge in [-0.2, -0.15) is 4.73 Å². The van der Waals surface area contributed by atoms with Crippen LogP contribution in [0.3, 0.4) is 0 Å². The normalized spacial score (nSPS) is 9.85. The first-order chi connectivity index (χ1) is 6.45. The van der Waals surface area contributed by atoms with Crippen LogP contribution in [-0.2, 0) is 6.61 Å². The number of hydrogen-bond donors (Lipinski definition) is 0. The van der Waals surface area contributed by atoms with Gasteiger partial charge in [0.2, 0.25) is 6.33 Å². The smallest absolute Gasteiger partial charge is 0.214 e. The Kier molecular flexibility index (Phi) is 2.22. The van der Waals surface area contributed by atoms with Gasteiger partial charge in [-0.05, 0) is 12.1 Å². The molecule has 0 amide bonds. The lowest BCUT2D eigenvalue weighted by molar-refractivity contribution is 0.0929. The molecule has 4 heteroatoms. The standard InChI is InChI=1S/C9H8N3O/c1-2-4-11-9(3-1)7-13-12-6-5-10-8-12/h1-6H,7H2. The summed E-state index contributed by atoms with van der Waals surface area (Å²) in [4.78, 5) is 13.1. The van der Waals surface area contributed by atoms with Crippen molar-refractivity contribution >= 4 is 0 Å². The second-order valence-electron chi connectivity index (χ2n) is 2.45. The molecule has 0 fully saturated rings. The summed E-state index contributed by atoms with van der Waals surface area (Å²) in [6.45, 7) is 0.424. The van der Waals surface area contributed by atoms with Gasteiger partial charge in [0.05, 0.1) is 11.9 Å². The predicted molar refractivity (Wildman–Crippen MR) is 45.6 cm³/mol. The number of pyridine rings is 1. The molecule has 1 radical (unpaired) electrons. The van der Waals surface area contributed by atoms with Gasteiger partial charge in [0.1, 0.15) is 0 Å². The Balaban J connectivity index is 1.94. The van der Waals surface area contributed by atoms with Crippen molar-refractivity contribution in [2.24, 2.45) is 0 Å². The Morgan fingerprint density at radius 2 is 2.38 bits per heavy atom. The fourth-order valence-electron chi connectivity index (χ4n) is 0.909. The van der Waals surface area contributed by atoms with E-state index in [1.54, 1.807) is 18.6 Å². The second-order valence-corrected chi connectivity index (χ2v) is 2.45. The third-order valence-electron chi connectivity index (χ3n) is 1.51. The SMILES string of the molecule is [c]1nccn1OCc1ccccn1. The molecule has 0 aliphatic heterocycles. The van der Waals surface area contributed by atoms with Gasteiger partial charge in [0.15, 0.2) is 6.61 Å². The third-order valence-corrected chi connectivity index (χ3v) is 1.51. The van der Waals surface area contributed by atoms with E-state index in [0.717, 1.165) is 5.69 Å². The molecule has 0 saturated carbocycles. The fraction of sp³-hybridized carbons (Fsp3) is 0.111. The van der Waals surface area contributed by atoms with Gasteiger partial charge in [0, 0.05) is 12.4 Å². The molecule has 2 rings (SSSR count). The van der Waals surface area contributed by atoms with Crippen LogP contribution in [0.4, 0.5) is 0 Å². The summed E-state index contributed by atoms with van der Waals surface area (Å²) >= 11 is 0. The van der Waals surface area contributed by atoms with E-state index in [-0.39, 0.29) is 0 Å². The monoisotopic (exact) mass is 174 g/mol. The topological polar surface area (TPSA) is 39.9 Å². The van der Waals surface area contributed by atoms with Gasteiger partial charge in [-0.25, -0.2) is 4.98 Å². The van der Waals surface area contributed by atoms with Crippen molar-refractivity contribution in [3.05, 3.63) is 48.8 Å². The molecule has 13 heavy (non-hydrogen) atoms. The highest BCUT2D eigenvalue weighted by Gasteiger charge is 1.93. The zero-order chi connectivity index (χ0) is 8.93. The van der Waals surface area contributed by atoms with Gasteiger partial charge in [-0.15, -0.1) is 0 Å². The Morgan fingerprint density at radius 1 is 1.38 bits per heavy atom. The average molecular weight is 174 g/mol. The summed E-state index contributed by atoms with van der Waals surface area (Å²) in [6, 6.07) is 5.69. The number of nitrogens with zero attached hydrogens (tertiary/aromatic N) is 3. The van der Waals surface area contributed by atoms with E-state index in [4.69, 9.17) is 4.84 Å². The molecule has 2 aromatic heterocycles. The van der Waals surface area contributed by atoms with E-state index in [9.17, 15) is 0 Å². The molecule has 0 aliphatic rings. The van der Waals surface area contributed by atoms with Crippen molar-refractivity contribution in [3.8, 4) is 0 Å². The van der Waals surface area contributed by atoms with E-state index in [1.807, 2.05) is 18.2 Å². The van der Waals surface area contributed by atoms with Crippen LogP contribution >= 0.6 is 0 Å². The van der Waals surface area contributed by atoms with Crippen LogP contribution in [0.1, 0.15) is 5.69 Å². The number of rotatable bonds is 3. The highest BCUT2D eigenvalue weighted by molar-refractivity contribution is 5.01. The molecule has 2 heterocycles. The molecule has 0 atom stereocenters. The Labute approximate surface area is 75.8 Å². The molecule has 0 aromatic carbocycles. The zero-order valence-electron chi connectivity index (χ0n) is 6.92. The predicted octanol–water partition coefficient (Wildman–Crippen LogP) is 0.707. The Morgan fingerprint density at radius 3 is 3.08 bits per heavy atom.